The quantitative estimate of drug-likeness (QED) is 0.244. The lowest BCUT2D eigenvalue weighted by Crippen LogP contribution is -2.06. The topological polar surface area (TPSA) is 91.7 Å². The lowest BCUT2D eigenvalue weighted by Gasteiger charge is -2.05. The first-order valence-corrected chi connectivity index (χ1v) is 10.4. The molecule has 0 radical (unpaired) electrons. The van der Waals surface area contributed by atoms with E-state index in [2.05, 4.69) is 27.1 Å². The van der Waals surface area contributed by atoms with Crippen LogP contribution in [-0.2, 0) is 22.7 Å². The van der Waals surface area contributed by atoms with E-state index in [-0.39, 0.29) is 18.6 Å². The van der Waals surface area contributed by atoms with Crippen LogP contribution in [0.4, 0.5) is 0 Å². The Labute approximate surface area is 193 Å². The van der Waals surface area contributed by atoms with E-state index in [4.69, 9.17) is 21.6 Å². The molecule has 0 bridgehead atoms. The number of benzene rings is 2. The van der Waals surface area contributed by atoms with Gasteiger partial charge in [-0.1, -0.05) is 51.8 Å². The standard InChI is InChI=1S/C23H16BrClN4O2/c24-20-7-5-16(6-8-20)15-31-23(30)18(13-27)11-19-14-29(10-2-9-26)28-22(19)17-3-1-4-21(25)12-17/h1,3-8,11-12,14H,2,10,15H2. The van der Waals surface area contributed by atoms with Crippen LogP contribution in [0.1, 0.15) is 17.5 Å². The van der Waals surface area contributed by atoms with Gasteiger partial charge in [0.1, 0.15) is 18.2 Å². The summed E-state index contributed by atoms with van der Waals surface area (Å²) in [5, 5.41) is 23.4. The largest absolute Gasteiger partial charge is 0.457 e. The summed E-state index contributed by atoms with van der Waals surface area (Å²) in [4.78, 5) is 12.5. The number of hydrogen-bond acceptors (Lipinski definition) is 5. The average Bonchev–Trinajstić information content (AvgIpc) is 3.18. The predicted molar refractivity (Wildman–Crippen MR) is 120 cm³/mol. The van der Waals surface area contributed by atoms with Crippen molar-refractivity contribution >= 4 is 39.6 Å². The smallest absolute Gasteiger partial charge is 0.349 e. The van der Waals surface area contributed by atoms with Crippen LogP contribution >= 0.6 is 27.5 Å². The van der Waals surface area contributed by atoms with Gasteiger partial charge < -0.3 is 4.74 Å². The van der Waals surface area contributed by atoms with E-state index in [0.29, 0.717) is 22.8 Å². The summed E-state index contributed by atoms with van der Waals surface area (Å²) in [6.45, 7) is 0.432. The molecule has 0 spiro atoms. The third-order valence-electron chi connectivity index (χ3n) is 4.26. The highest BCUT2D eigenvalue weighted by atomic mass is 79.9. The third kappa shape index (κ3) is 6.05. The summed E-state index contributed by atoms with van der Waals surface area (Å²) >= 11 is 9.46. The molecule has 3 aromatic rings. The number of carbonyl (C=O) groups excluding carboxylic acids is 1. The molecular weight excluding hydrogens is 480 g/mol. The molecule has 1 heterocycles. The Morgan fingerprint density at radius 2 is 2.00 bits per heavy atom. The summed E-state index contributed by atoms with van der Waals surface area (Å²) < 4.78 is 7.82. The predicted octanol–water partition coefficient (Wildman–Crippen LogP) is 5.53. The minimum Gasteiger partial charge on any atom is -0.457 e. The number of aromatic nitrogens is 2. The normalized spacial score (nSPS) is 10.9. The van der Waals surface area contributed by atoms with Crippen LogP contribution in [0.3, 0.4) is 0 Å². The molecule has 0 saturated carbocycles. The maximum Gasteiger partial charge on any atom is 0.349 e. The number of aryl methyl sites for hydroxylation is 1. The molecule has 3 rings (SSSR count). The van der Waals surface area contributed by atoms with Crippen molar-refractivity contribution in [3.05, 3.63) is 80.9 Å². The van der Waals surface area contributed by atoms with Gasteiger partial charge in [0, 0.05) is 26.8 Å². The molecule has 0 aliphatic heterocycles. The molecule has 1 aromatic heterocycles. The lowest BCUT2D eigenvalue weighted by molar-refractivity contribution is -0.139. The van der Waals surface area contributed by atoms with Crippen LogP contribution in [0.25, 0.3) is 17.3 Å². The molecule has 0 unspecified atom stereocenters. The number of hydrogen-bond donors (Lipinski definition) is 0. The number of nitrogens with zero attached hydrogens (tertiary/aromatic N) is 4. The van der Waals surface area contributed by atoms with Crippen molar-refractivity contribution in [3.8, 4) is 23.4 Å². The Morgan fingerprint density at radius 1 is 1.23 bits per heavy atom. The Hall–Kier alpha value is -3.39. The lowest BCUT2D eigenvalue weighted by atomic mass is 10.1. The summed E-state index contributed by atoms with van der Waals surface area (Å²) in [7, 11) is 0. The van der Waals surface area contributed by atoms with Crippen LogP contribution in [0.2, 0.25) is 5.02 Å². The van der Waals surface area contributed by atoms with Crippen molar-refractivity contribution in [2.75, 3.05) is 0 Å². The Bertz CT molecular complexity index is 1200. The van der Waals surface area contributed by atoms with Crippen molar-refractivity contribution in [2.45, 2.75) is 19.6 Å². The molecule has 0 saturated heterocycles. The molecule has 0 N–H and O–H groups in total. The molecule has 0 fully saturated rings. The first-order valence-electron chi connectivity index (χ1n) is 9.24. The minimum absolute atomic E-state index is 0.0493. The van der Waals surface area contributed by atoms with E-state index in [1.165, 1.54) is 6.08 Å². The van der Waals surface area contributed by atoms with Crippen molar-refractivity contribution < 1.29 is 9.53 Å². The first-order chi connectivity index (χ1) is 15.0. The molecule has 0 atom stereocenters. The third-order valence-corrected chi connectivity index (χ3v) is 5.03. The van der Waals surface area contributed by atoms with Crippen LogP contribution in [-0.4, -0.2) is 15.7 Å². The Morgan fingerprint density at radius 3 is 2.68 bits per heavy atom. The van der Waals surface area contributed by atoms with Crippen molar-refractivity contribution in [2.24, 2.45) is 0 Å². The molecule has 31 heavy (non-hydrogen) atoms. The highest BCUT2D eigenvalue weighted by Crippen LogP contribution is 2.27. The van der Waals surface area contributed by atoms with Gasteiger partial charge in [-0.15, -0.1) is 0 Å². The number of rotatable bonds is 7. The highest BCUT2D eigenvalue weighted by Gasteiger charge is 2.16. The van der Waals surface area contributed by atoms with Gasteiger partial charge in [-0.25, -0.2) is 4.79 Å². The zero-order valence-electron chi connectivity index (χ0n) is 16.3. The van der Waals surface area contributed by atoms with Gasteiger partial charge in [-0.2, -0.15) is 15.6 Å². The number of carbonyl (C=O) groups is 1. The van der Waals surface area contributed by atoms with Gasteiger partial charge in [0.25, 0.3) is 0 Å². The summed E-state index contributed by atoms with van der Waals surface area (Å²) in [5.74, 6) is -0.729. The van der Waals surface area contributed by atoms with E-state index >= 15 is 0 Å². The van der Waals surface area contributed by atoms with Crippen molar-refractivity contribution in [3.63, 3.8) is 0 Å². The van der Waals surface area contributed by atoms with E-state index < -0.39 is 5.97 Å². The van der Waals surface area contributed by atoms with Crippen LogP contribution in [0, 0.1) is 22.7 Å². The Balaban J connectivity index is 1.88. The van der Waals surface area contributed by atoms with Crippen LogP contribution in [0.5, 0.6) is 0 Å². The average molecular weight is 496 g/mol. The van der Waals surface area contributed by atoms with Crippen molar-refractivity contribution in [1.29, 1.82) is 10.5 Å². The summed E-state index contributed by atoms with van der Waals surface area (Å²) in [6.07, 6.45) is 3.41. The number of halogens is 2. The number of esters is 1. The Kier molecular flexibility index (Phi) is 7.61. The minimum atomic E-state index is -0.729. The van der Waals surface area contributed by atoms with Gasteiger partial charge >= 0.3 is 5.97 Å². The second-order valence-electron chi connectivity index (χ2n) is 6.49. The first kappa shape index (κ1) is 22.3. The molecule has 0 aliphatic rings. The van der Waals surface area contributed by atoms with Gasteiger partial charge in [-0.05, 0) is 35.9 Å². The van der Waals surface area contributed by atoms with E-state index in [1.54, 1.807) is 29.1 Å². The number of ether oxygens (including phenoxy) is 1. The zero-order valence-corrected chi connectivity index (χ0v) is 18.6. The van der Waals surface area contributed by atoms with E-state index in [9.17, 15) is 10.1 Å². The van der Waals surface area contributed by atoms with Crippen LogP contribution < -0.4 is 0 Å². The highest BCUT2D eigenvalue weighted by molar-refractivity contribution is 9.10. The molecular formula is C23H16BrClN4O2. The fourth-order valence-corrected chi connectivity index (χ4v) is 3.24. The number of nitriles is 2. The zero-order chi connectivity index (χ0) is 22.2. The second kappa shape index (κ2) is 10.6. The van der Waals surface area contributed by atoms with Gasteiger partial charge in [0.15, 0.2) is 0 Å². The molecule has 8 heteroatoms. The van der Waals surface area contributed by atoms with Gasteiger partial charge in [-0.3, -0.25) is 4.68 Å². The molecule has 154 valence electrons. The summed E-state index contributed by atoms with van der Waals surface area (Å²) in [5.41, 5.74) is 2.49. The molecule has 0 amide bonds. The maximum atomic E-state index is 12.5. The molecule has 0 aliphatic carbocycles. The maximum absolute atomic E-state index is 12.5. The monoisotopic (exact) mass is 494 g/mol. The second-order valence-corrected chi connectivity index (χ2v) is 7.84. The van der Waals surface area contributed by atoms with E-state index in [1.807, 2.05) is 36.4 Å². The molecule has 2 aromatic carbocycles. The SMILES string of the molecule is N#CCCn1cc(C=C(C#N)C(=O)OCc2ccc(Br)cc2)c(-c2cccc(Cl)c2)n1. The fraction of sp³-hybridized carbons (Fsp3) is 0.130. The van der Waals surface area contributed by atoms with Gasteiger partial charge in [0.2, 0.25) is 0 Å². The van der Waals surface area contributed by atoms with Crippen molar-refractivity contribution in [1.82, 2.24) is 9.78 Å². The molecule has 6 nitrogen and oxygen atoms in total. The summed E-state index contributed by atoms with van der Waals surface area (Å²) in [6, 6.07) is 18.4. The van der Waals surface area contributed by atoms with E-state index in [0.717, 1.165) is 15.6 Å². The van der Waals surface area contributed by atoms with Crippen LogP contribution in [0.15, 0.2) is 64.8 Å². The van der Waals surface area contributed by atoms with Gasteiger partial charge in [0.05, 0.1) is 24.7 Å². The fourth-order valence-electron chi connectivity index (χ4n) is 2.78.